The third kappa shape index (κ3) is 3.67. The highest BCUT2D eigenvalue weighted by atomic mass is 35.5. The molecule has 0 saturated carbocycles. The summed E-state index contributed by atoms with van der Waals surface area (Å²) < 4.78 is 0. The number of nitro benzene ring substituents is 1. The molecule has 1 aliphatic rings. The Kier molecular flexibility index (Phi) is 5.08. The second-order valence-electron chi connectivity index (χ2n) is 6.35. The third-order valence-corrected chi connectivity index (χ3v) is 4.65. The fraction of sp³-hybridized carbons (Fsp3) is 0.105. The van der Waals surface area contributed by atoms with Gasteiger partial charge in [0.15, 0.2) is 0 Å². The lowest BCUT2D eigenvalue weighted by atomic mass is 10.0. The van der Waals surface area contributed by atoms with Crippen molar-refractivity contribution in [1.82, 2.24) is 5.32 Å². The Morgan fingerprint density at radius 2 is 1.83 bits per heavy atom. The minimum atomic E-state index is -0.998. The topological polar surface area (TPSA) is 130 Å². The Hall–Kier alpha value is -3.72. The first-order chi connectivity index (χ1) is 13.6. The zero-order valence-corrected chi connectivity index (χ0v) is 16.0. The molecular formula is C19H14ClN3O6. The molecule has 0 spiro atoms. The SMILES string of the molecule is Cc1ccc(N2C(=O)NC(=O)/C(=C\c3cc(Cl)cc([N+](=O)[O-])c3O)C2=O)cc1C. The highest BCUT2D eigenvalue weighted by Crippen LogP contribution is 2.35. The minimum Gasteiger partial charge on any atom is -0.502 e. The van der Waals surface area contributed by atoms with Crippen LogP contribution in [0, 0.1) is 24.0 Å². The molecule has 0 unspecified atom stereocenters. The van der Waals surface area contributed by atoms with Crippen LogP contribution in [0.1, 0.15) is 16.7 Å². The van der Waals surface area contributed by atoms with E-state index >= 15 is 0 Å². The standard InChI is InChI=1S/C19H14ClN3O6/c1-9-3-4-13(5-10(9)2)22-18(26)14(17(25)21-19(22)27)7-11-6-12(20)8-15(16(11)24)23(28)29/h3-8,24H,1-2H3,(H,21,25,27)/b14-7+. The van der Waals surface area contributed by atoms with Crippen LogP contribution in [0.4, 0.5) is 16.2 Å². The van der Waals surface area contributed by atoms with Crippen LogP contribution in [0.25, 0.3) is 6.08 Å². The molecule has 2 aromatic carbocycles. The molecule has 3 rings (SSSR count). The number of barbiturate groups is 1. The lowest BCUT2D eigenvalue weighted by molar-refractivity contribution is -0.385. The van der Waals surface area contributed by atoms with Crippen molar-refractivity contribution in [3.8, 4) is 5.75 Å². The number of phenols is 1. The smallest absolute Gasteiger partial charge is 0.335 e. The van der Waals surface area contributed by atoms with E-state index in [4.69, 9.17) is 11.6 Å². The summed E-state index contributed by atoms with van der Waals surface area (Å²) in [4.78, 5) is 48.4. The number of rotatable bonds is 3. The molecule has 4 amide bonds. The Morgan fingerprint density at radius 3 is 2.45 bits per heavy atom. The summed E-state index contributed by atoms with van der Waals surface area (Å²) in [6.45, 7) is 3.66. The maximum atomic E-state index is 12.9. The van der Waals surface area contributed by atoms with Gasteiger partial charge in [-0.15, -0.1) is 0 Å². The number of hydrogen-bond acceptors (Lipinski definition) is 6. The molecule has 2 aromatic rings. The molecule has 1 aliphatic heterocycles. The van der Waals surface area contributed by atoms with Crippen LogP contribution in [0.3, 0.4) is 0 Å². The van der Waals surface area contributed by atoms with Crippen molar-refractivity contribution in [2.75, 3.05) is 4.90 Å². The van der Waals surface area contributed by atoms with Crippen molar-refractivity contribution in [2.45, 2.75) is 13.8 Å². The third-order valence-electron chi connectivity index (χ3n) is 4.43. The average Bonchev–Trinajstić information content (AvgIpc) is 2.63. The van der Waals surface area contributed by atoms with Gasteiger partial charge in [-0.1, -0.05) is 17.7 Å². The molecule has 1 fully saturated rings. The number of phenolic OH excluding ortho intramolecular Hbond substituents is 1. The van der Waals surface area contributed by atoms with Gasteiger partial charge in [0.05, 0.1) is 10.6 Å². The van der Waals surface area contributed by atoms with Gasteiger partial charge in [-0.25, -0.2) is 9.69 Å². The zero-order chi connectivity index (χ0) is 21.5. The number of anilines is 1. The van der Waals surface area contributed by atoms with Gasteiger partial charge < -0.3 is 5.11 Å². The number of aromatic hydroxyl groups is 1. The molecule has 0 aliphatic carbocycles. The number of carbonyl (C=O) groups is 3. The van der Waals surface area contributed by atoms with E-state index < -0.39 is 39.8 Å². The first-order valence-electron chi connectivity index (χ1n) is 8.25. The second-order valence-corrected chi connectivity index (χ2v) is 6.78. The van der Waals surface area contributed by atoms with Gasteiger partial charge in [0, 0.05) is 16.7 Å². The molecule has 10 heteroatoms. The molecule has 2 N–H and O–H groups in total. The van der Waals surface area contributed by atoms with Crippen LogP contribution < -0.4 is 10.2 Å². The first-order valence-corrected chi connectivity index (χ1v) is 8.63. The van der Waals surface area contributed by atoms with Gasteiger partial charge in [-0.05, 0) is 49.2 Å². The van der Waals surface area contributed by atoms with E-state index in [2.05, 4.69) is 0 Å². The predicted molar refractivity (Wildman–Crippen MR) is 105 cm³/mol. The number of nitrogens with one attached hydrogen (secondary N) is 1. The molecule has 9 nitrogen and oxygen atoms in total. The van der Waals surface area contributed by atoms with E-state index in [0.717, 1.165) is 34.2 Å². The Labute approximate surface area is 169 Å². The van der Waals surface area contributed by atoms with Crippen molar-refractivity contribution >= 4 is 46.9 Å². The number of nitro groups is 1. The number of hydrogen-bond donors (Lipinski definition) is 2. The van der Waals surface area contributed by atoms with E-state index in [-0.39, 0.29) is 16.3 Å². The van der Waals surface area contributed by atoms with Crippen LogP contribution in [0.2, 0.25) is 5.02 Å². The first kappa shape index (κ1) is 20.0. The van der Waals surface area contributed by atoms with Crippen molar-refractivity contribution in [3.05, 3.63) is 67.7 Å². The fourth-order valence-corrected chi connectivity index (χ4v) is 2.99. The van der Waals surface area contributed by atoms with Crippen LogP contribution in [-0.2, 0) is 9.59 Å². The summed E-state index contributed by atoms with van der Waals surface area (Å²) in [7, 11) is 0. The summed E-state index contributed by atoms with van der Waals surface area (Å²) in [6, 6.07) is 6.05. The second kappa shape index (κ2) is 7.36. The average molecular weight is 416 g/mol. The number of aryl methyl sites for hydroxylation is 2. The van der Waals surface area contributed by atoms with Crippen molar-refractivity contribution in [1.29, 1.82) is 0 Å². The maximum Gasteiger partial charge on any atom is 0.335 e. The molecule has 148 valence electrons. The largest absolute Gasteiger partial charge is 0.502 e. The lowest BCUT2D eigenvalue weighted by Crippen LogP contribution is -2.54. The number of amides is 4. The van der Waals surface area contributed by atoms with E-state index in [0.29, 0.717) is 0 Å². The number of benzene rings is 2. The highest BCUT2D eigenvalue weighted by molar-refractivity contribution is 6.39. The van der Waals surface area contributed by atoms with Crippen LogP contribution in [0.5, 0.6) is 5.75 Å². The van der Waals surface area contributed by atoms with Gasteiger partial charge >= 0.3 is 11.7 Å². The predicted octanol–water partition coefficient (Wildman–Crippen LogP) is 3.24. The summed E-state index contributed by atoms with van der Waals surface area (Å²) >= 11 is 5.84. The fourth-order valence-electron chi connectivity index (χ4n) is 2.77. The number of imide groups is 2. The van der Waals surface area contributed by atoms with E-state index in [9.17, 15) is 29.6 Å². The highest BCUT2D eigenvalue weighted by Gasteiger charge is 2.37. The lowest BCUT2D eigenvalue weighted by Gasteiger charge is -2.26. The number of nitrogens with zero attached hydrogens (tertiary/aromatic N) is 2. The molecule has 1 heterocycles. The molecule has 0 bridgehead atoms. The number of halogens is 1. The Balaban J connectivity index is 2.11. The number of carbonyl (C=O) groups excluding carboxylic acids is 3. The van der Waals surface area contributed by atoms with Gasteiger partial charge in [0.2, 0.25) is 5.75 Å². The van der Waals surface area contributed by atoms with Crippen molar-refractivity contribution in [2.24, 2.45) is 0 Å². The normalized spacial score (nSPS) is 15.6. The minimum absolute atomic E-state index is 0.0768. The van der Waals surface area contributed by atoms with Gasteiger partial charge in [-0.2, -0.15) is 0 Å². The summed E-state index contributed by atoms with van der Waals surface area (Å²) in [5, 5.41) is 23.1. The van der Waals surface area contributed by atoms with Crippen LogP contribution >= 0.6 is 11.6 Å². The summed E-state index contributed by atoms with van der Waals surface area (Å²) in [6.07, 6.45) is 0.951. The van der Waals surface area contributed by atoms with Crippen LogP contribution in [-0.4, -0.2) is 27.9 Å². The summed E-state index contributed by atoms with van der Waals surface area (Å²) in [5.41, 5.74) is 0.632. The zero-order valence-electron chi connectivity index (χ0n) is 15.2. The molecule has 29 heavy (non-hydrogen) atoms. The van der Waals surface area contributed by atoms with E-state index in [1.165, 1.54) is 0 Å². The van der Waals surface area contributed by atoms with Gasteiger partial charge in [0.25, 0.3) is 11.8 Å². The van der Waals surface area contributed by atoms with Crippen molar-refractivity contribution in [3.63, 3.8) is 0 Å². The molecule has 0 atom stereocenters. The number of urea groups is 1. The summed E-state index contributed by atoms with van der Waals surface area (Å²) in [5.74, 6) is -2.70. The van der Waals surface area contributed by atoms with Crippen LogP contribution in [0.15, 0.2) is 35.9 Å². The Bertz CT molecular complexity index is 1130. The monoisotopic (exact) mass is 415 g/mol. The van der Waals surface area contributed by atoms with Gasteiger partial charge in [-0.3, -0.25) is 25.0 Å². The Morgan fingerprint density at radius 1 is 1.14 bits per heavy atom. The molecule has 0 aromatic heterocycles. The molecule has 0 radical (unpaired) electrons. The quantitative estimate of drug-likeness (QED) is 0.342. The van der Waals surface area contributed by atoms with Crippen molar-refractivity contribution < 1.29 is 24.4 Å². The molecule has 1 saturated heterocycles. The maximum absolute atomic E-state index is 12.9. The van der Waals surface area contributed by atoms with E-state index in [1.54, 1.807) is 25.1 Å². The van der Waals surface area contributed by atoms with Gasteiger partial charge in [0.1, 0.15) is 5.57 Å². The molecular weight excluding hydrogens is 402 g/mol. The van der Waals surface area contributed by atoms with E-state index in [1.807, 2.05) is 12.2 Å².